The van der Waals surface area contributed by atoms with Crippen LogP contribution in [0.15, 0.2) is 35.3 Å². The first-order valence-electron chi connectivity index (χ1n) is 9.17. The zero-order chi connectivity index (χ0) is 18.1. The number of rotatable bonds is 7. The van der Waals surface area contributed by atoms with E-state index < -0.39 is 0 Å². The number of benzene rings is 1. The number of aliphatic imine (C=N–C) groups is 1. The molecule has 1 aliphatic heterocycles. The normalized spacial score (nSPS) is 18.7. The van der Waals surface area contributed by atoms with Crippen molar-refractivity contribution in [1.82, 2.24) is 20.4 Å². The summed E-state index contributed by atoms with van der Waals surface area (Å²) >= 11 is 0. The molecular weight excluding hydrogens is 441 g/mol. The molecule has 0 spiro atoms. The van der Waals surface area contributed by atoms with Crippen LogP contribution in [0.5, 0.6) is 0 Å². The highest BCUT2D eigenvalue weighted by Crippen LogP contribution is 2.13. The summed E-state index contributed by atoms with van der Waals surface area (Å²) in [5.74, 6) is 0.852. The molecule has 1 aromatic rings. The Morgan fingerprint density at radius 1 is 1.12 bits per heavy atom. The Bertz CT molecular complexity index is 520. The lowest BCUT2D eigenvalue weighted by Gasteiger charge is -2.36. The van der Waals surface area contributed by atoms with Crippen molar-refractivity contribution in [2.45, 2.75) is 18.9 Å². The lowest BCUT2D eigenvalue weighted by atomic mass is 10.0. The van der Waals surface area contributed by atoms with Crippen molar-refractivity contribution in [3.05, 3.63) is 35.9 Å². The maximum absolute atomic E-state index is 9.66. The first-order chi connectivity index (χ1) is 12.1. The van der Waals surface area contributed by atoms with Gasteiger partial charge in [-0.1, -0.05) is 30.3 Å². The van der Waals surface area contributed by atoms with Crippen molar-refractivity contribution in [2.75, 3.05) is 60.0 Å². The van der Waals surface area contributed by atoms with Gasteiger partial charge in [-0.2, -0.15) is 0 Å². The van der Waals surface area contributed by atoms with E-state index >= 15 is 0 Å². The average molecular weight is 475 g/mol. The quantitative estimate of drug-likeness (QED) is 0.314. The first-order valence-corrected chi connectivity index (χ1v) is 9.17. The Morgan fingerprint density at radius 3 is 2.31 bits per heavy atom. The predicted molar refractivity (Wildman–Crippen MR) is 120 cm³/mol. The van der Waals surface area contributed by atoms with Gasteiger partial charge < -0.3 is 20.6 Å². The molecule has 7 heteroatoms. The van der Waals surface area contributed by atoms with Gasteiger partial charge in [-0.05, 0) is 19.5 Å². The van der Waals surface area contributed by atoms with Crippen LogP contribution >= 0.6 is 24.0 Å². The first kappa shape index (κ1) is 23.1. The van der Waals surface area contributed by atoms with E-state index in [1.54, 1.807) is 7.05 Å². The van der Waals surface area contributed by atoms with Gasteiger partial charge in [0.05, 0.1) is 6.61 Å². The van der Waals surface area contributed by atoms with Gasteiger partial charge >= 0.3 is 0 Å². The lowest BCUT2D eigenvalue weighted by Crippen LogP contribution is -2.52. The van der Waals surface area contributed by atoms with Gasteiger partial charge in [0.2, 0.25) is 0 Å². The number of aliphatic hydroxyl groups excluding tert-OH is 1. The fraction of sp³-hybridized carbons (Fsp3) is 0.632. The molecule has 0 aliphatic carbocycles. The van der Waals surface area contributed by atoms with Crippen LogP contribution in [0.4, 0.5) is 0 Å². The van der Waals surface area contributed by atoms with Crippen LogP contribution in [0.25, 0.3) is 0 Å². The second kappa shape index (κ2) is 12.5. The molecule has 0 radical (unpaired) electrons. The molecule has 2 rings (SSSR count). The summed E-state index contributed by atoms with van der Waals surface area (Å²) in [4.78, 5) is 9.19. The Morgan fingerprint density at radius 2 is 1.73 bits per heavy atom. The number of halogens is 1. The van der Waals surface area contributed by atoms with Gasteiger partial charge in [0.25, 0.3) is 0 Å². The zero-order valence-electron chi connectivity index (χ0n) is 16.2. The molecule has 1 saturated heterocycles. The summed E-state index contributed by atoms with van der Waals surface area (Å²) in [7, 11) is 3.96. The van der Waals surface area contributed by atoms with Gasteiger partial charge in [0, 0.05) is 58.3 Å². The fourth-order valence-electron chi connectivity index (χ4n) is 3.09. The highest BCUT2D eigenvalue weighted by atomic mass is 127. The molecular formula is C19H34IN5O. The number of nitrogens with one attached hydrogen (secondary N) is 2. The highest BCUT2D eigenvalue weighted by molar-refractivity contribution is 14.0. The Balaban J connectivity index is 0.00000338. The van der Waals surface area contributed by atoms with E-state index in [1.165, 1.54) is 0 Å². The summed E-state index contributed by atoms with van der Waals surface area (Å²) in [5, 5.41) is 16.4. The minimum atomic E-state index is 0. The van der Waals surface area contributed by atoms with E-state index in [2.05, 4.69) is 39.4 Å². The molecule has 1 fully saturated rings. The van der Waals surface area contributed by atoms with Crippen molar-refractivity contribution >= 4 is 29.9 Å². The second-order valence-electron chi connectivity index (χ2n) is 6.81. The van der Waals surface area contributed by atoms with E-state index in [9.17, 15) is 5.11 Å². The summed E-state index contributed by atoms with van der Waals surface area (Å²) in [6.07, 6.45) is 0. The van der Waals surface area contributed by atoms with Crippen molar-refractivity contribution in [3.63, 3.8) is 0 Å². The van der Waals surface area contributed by atoms with Crippen LogP contribution in [-0.2, 0) is 0 Å². The van der Waals surface area contributed by atoms with Crippen LogP contribution in [0.3, 0.4) is 0 Å². The lowest BCUT2D eigenvalue weighted by molar-refractivity contribution is 0.120. The topological polar surface area (TPSA) is 63.1 Å². The van der Waals surface area contributed by atoms with Crippen molar-refractivity contribution < 1.29 is 5.11 Å². The van der Waals surface area contributed by atoms with Gasteiger partial charge in [0.1, 0.15) is 0 Å². The molecule has 0 saturated carbocycles. The summed E-state index contributed by atoms with van der Waals surface area (Å²) in [6.45, 7) is 8.39. The van der Waals surface area contributed by atoms with E-state index in [0.717, 1.165) is 44.2 Å². The fourth-order valence-corrected chi connectivity index (χ4v) is 3.09. The highest BCUT2D eigenvalue weighted by Gasteiger charge is 2.19. The molecule has 2 atom stereocenters. The van der Waals surface area contributed by atoms with E-state index in [1.807, 2.05) is 30.3 Å². The summed E-state index contributed by atoms with van der Waals surface area (Å²) in [6, 6.07) is 10.6. The SMILES string of the molecule is CN=C(NCC(CO)c1ccccc1)NCC(C)N1CCN(C)CC1.I. The molecule has 26 heavy (non-hydrogen) atoms. The Hall–Kier alpha value is -0.900. The number of nitrogens with zero attached hydrogens (tertiary/aromatic N) is 3. The van der Waals surface area contributed by atoms with Crippen molar-refractivity contribution in [1.29, 1.82) is 0 Å². The van der Waals surface area contributed by atoms with Gasteiger partial charge in [-0.3, -0.25) is 9.89 Å². The van der Waals surface area contributed by atoms with E-state index in [0.29, 0.717) is 12.6 Å². The van der Waals surface area contributed by atoms with E-state index in [4.69, 9.17) is 0 Å². The standard InChI is InChI=1S/C19H33N5O.HI/c1-16(24-11-9-23(3)10-12-24)13-21-19(20-2)22-14-18(15-25)17-7-5-4-6-8-17;/h4-8,16,18,25H,9-15H2,1-3H3,(H2,20,21,22);1H. The third kappa shape index (κ3) is 7.38. The molecule has 1 aliphatic rings. The van der Waals surface area contributed by atoms with Crippen molar-refractivity contribution in [2.24, 2.45) is 4.99 Å². The average Bonchev–Trinajstić information content (AvgIpc) is 2.65. The Labute approximate surface area is 175 Å². The maximum Gasteiger partial charge on any atom is 0.191 e. The molecule has 1 heterocycles. The molecule has 6 nitrogen and oxygen atoms in total. The zero-order valence-corrected chi connectivity index (χ0v) is 18.5. The third-order valence-electron chi connectivity index (χ3n) is 4.96. The number of hydrogen-bond donors (Lipinski definition) is 3. The van der Waals surface area contributed by atoms with Crippen LogP contribution in [0, 0.1) is 0 Å². The third-order valence-corrected chi connectivity index (χ3v) is 4.96. The number of hydrogen-bond acceptors (Lipinski definition) is 4. The van der Waals surface area contributed by atoms with E-state index in [-0.39, 0.29) is 36.5 Å². The van der Waals surface area contributed by atoms with Gasteiger partial charge in [-0.25, -0.2) is 0 Å². The molecule has 0 aromatic heterocycles. The predicted octanol–water partition coefficient (Wildman–Crippen LogP) is 1.18. The maximum atomic E-state index is 9.66. The molecule has 1 aromatic carbocycles. The molecule has 0 amide bonds. The van der Waals surface area contributed by atoms with Gasteiger partial charge in [-0.15, -0.1) is 24.0 Å². The number of aliphatic hydroxyl groups is 1. The smallest absolute Gasteiger partial charge is 0.191 e. The van der Waals surface area contributed by atoms with Gasteiger partial charge in [0.15, 0.2) is 5.96 Å². The van der Waals surface area contributed by atoms with Crippen LogP contribution in [0.2, 0.25) is 0 Å². The molecule has 0 bridgehead atoms. The van der Waals surface area contributed by atoms with Crippen molar-refractivity contribution in [3.8, 4) is 0 Å². The summed E-state index contributed by atoms with van der Waals surface area (Å²) in [5.41, 5.74) is 1.14. The number of likely N-dealkylation sites (N-methyl/N-ethyl adjacent to an activating group) is 1. The van der Waals surface area contributed by atoms with Crippen LogP contribution in [0.1, 0.15) is 18.4 Å². The minimum Gasteiger partial charge on any atom is -0.396 e. The Kier molecular flexibility index (Phi) is 11.1. The molecule has 3 N–H and O–H groups in total. The molecule has 148 valence electrons. The summed E-state index contributed by atoms with van der Waals surface area (Å²) < 4.78 is 0. The monoisotopic (exact) mass is 475 g/mol. The number of piperazine rings is 1. The van der Waals surface area contributed by atoms with Crippen LogP contribution < -0.4 is 10.6 Å². The second-order valence-corrected chi connectivity index (χ2v) is 6.81. The molecule has 2 unspecified atom stereocenters. The minimum absolute atomic E-state index is 0. The number of guanidine groups is 1. The van der Waals surface area contributed by atoms with Crippen LogP contribution in [-0.4, -0.2) is 86.9 Å². The largest absolute Gasteiger partial charge is 0.396 e.